The first-order valence-corrected chi connectivity index (χ1v) is 7.01. The van der Waals surface area contributed by atoms with Crippen LogP contribution in [0.3, 0.4) is 0 Å². The van der Waals surface area contributed by atoms with Gasteiger partial charge in [-0.05, 0) is 47.9 Å². The van der Waals surface area contributed by atoms with Gasteiger partial charge in [-0.3, -0.25) is 4.79 Å². The van der Waals surface area contributed by atoms with Gasteiger partial charge in [0, 0.05) is 5.57 Å². The monoisotopic (exact) mass is 298 g/mol. The second-order valence-corrected chi connectivity index (χ2v) is 5.66. The summed E-state index contributed by atoms with van der Waals surface area (Å²) in [6.07, 6.45) is -1.60. The van der Waals surface area contributed by atoms with Gasteiger partial charge in [0.2, 0.25) is 0 Å². The third-order valence-corrected chi connectivity index (χ3v) is 4.46. The Balaban J connectivity index is 2.06. The number of ketones is 1. The van der Waals surface area contributed by atoms with E-state index in [9.17, 15) is 22.4 Å². The van der Waals surface area contributed by atoms with E-state index in [1.807, 2.05) is 0 Å². The number of hydrogen-bond donors (Lipinski definition) is 0. The zero-order chi connectivity index (χ0) is 15.2. The van der Waals surface area contributed by atoms with E-state index < -0.39 is 17.8 Å². The van der Waals surface area contributed by atoms with Crippen molar-refractivity contribution < 1.29 is 22.4 Å². The first kappa shape index (κ1) is 14.3. The number of Topliss-reactive ketones (excluding diaryl/α,β-unsaturated/α-hetero) is 1. The molecule has 2 aliphatic carbocycles. The molecule has 1 fully saturated rings. The minimum Gasteiger partial charge on any atom is -0.284 e. The molecule has 0 aromatic heterocycles. The van der Waals surface area contributed by atoms with Gasteiger partial charge in [0.15, 0.2) is 0 Å². The van der Waals surface area contributed by atoms with Crippen molar-refractivity contribution in [3.63, 3.8) is 0 Å². The van der Waals surface area contributed by atoms with Crippen LogP contribution in [-0.4, -0.2) is 12.0 Å². The third-order valence-electron chi connectivity index (χ3n) is 4.46. The molecule has 0 radical (unpaired) electrons. The van der Waals surface area contributed by atoms with Gasteiger partial charge in [-0.25, -0.2) is 4.39 Å². The highest BCUT2D eigenvalue weighted by Crippen LogP contribution is 2.55. The Kier molecular flexibility index (Phi) is 3.38. The van der Waals surface area contributed by atoms with Crippen LogP contribution in [-0.2, 0) is 4.79 Å². The Bertz CT molecular complexity index is 598. The summed E-state index contributed by atoms with van der Waals surface area (Å²) < 4.78 is 51.4. The largest absolute Gasteiger partial charge is 0.454 e. The van der Waals surface area contributed by atoms with Crippen LogP contribution in [0.4, 0.5) is 17.6 Å². The van der Waals surface area contributed by atoms with Gasteiger partial charge >= 0.3 is 6.18 Å². The molecule has 1 aromatic carbocycles. The molecular formula is C16H14F4O. The van der Waals surface area contributed by atoms with E-state index in [0.29, 0.717) is 17.6 Å². The Hall–Kier alpha value is -1.65. The van der Waals surface area contributed by atoms with Crippen molar-refractivity contribution in [3.05, 3.63) is 41.2 Å². The lowest BCUT2D eigenvalue weighted by Gasteiger charge is -2.45. The zero-order valence-electron chi connectivity index (χ0n) is 11.2. The second kappa shape index (κ2) is 4.97. The van der Waals surface area contributed by atoms with E-state index in [-0.39, 0.29) is 17.4 Å². The average Bonchev–Trinajstić information content (AvgIpc) is 2.41. The summed E-state index contributed by atoms with van der Waals surface area (Å²) in [6.45, 7) is 0. The van der Waals surface area contributed by atoms with Crippen molar-refractivity contribution in [2.24, 2.45) is 11.8 Å². The molecule has 0 heterocycles. The molecule has 1 aromatic rings. The van der Waals surface area contributed by atoms with Crippen LogP contribution in [0.1, 0.15) is 31.2 Å². The molecule has 112 valence electrons. The highest BCUT2D eigenvalue weighted by molar-refractivity contribution is 6.09. The van der Waals surface area contributed by atoms with E-state index in [2.05, 4.69) is 0 Å². The van der Waals surface area contributed by atoms with Crippen molar-refractivity contribution in [3.8, 4) is 0 Å². The van der Waals surface area contributed by atoms with Gasteiger partial charge in [0.25, 0.3) is 5.78 Å². The Morgan fingerprint density at radius 2 is 1.57 bits per heavy atom. The van der Waals surface area contributed by atoms with E-state index in [1.165, 1.54) is 24.3 Å². The van der Waals surface area contributed by atoms with E-state index in [0.717, 1.165) is 19.3 Å². The van der Waals surface area contributed by atoms with E-state index in [1.54, 1.807) is 0 Å². The Labute approximate surface area is 119 Å². The fourth-order valence-corrected chi connectivity index (χ4v) is 3.57. The van der Waals surface area contributed by atoms with Gasteiger partial charge in [-0.2, -0.15) is 13.2 Å². The van der Waals surface area contributed by atoms with Crippen molar-refractivity contribution in [2.45, 2.75) is 31.9 Å². The standard InChI is InChI=1S/C16H14F4O/c17-10-7-5-9(6-8-10)13-11-3-1-2-4-12(11)14(13)15(21)16(18,19)20/h5-8,11-12H,1-4H2. The maximum Gasteiger partial charge on any atom is 0.454 e. The number of carbonyl (C=O) groups is 1. The number of carbonyl (C=O) groups excluding carboxylic acids is 1. The molecule has 5 heteroatoms. The Morgan fingerprint density at radius 3 is 2.14 bits per heavy atom. The molecular weight excluding hydrogens is 284 g/mol. The third kappa shape index (κ3) is 2.39. The SMILES string of the molecule is O=C(C1=C(c2ccc(F)cc2)C2CCCCC12)C(F)(F)F. The molecule has 0 saturated heterocycles. The van der Waals surface area contributed by atoms with Crippen LogP contribution in [0, 0.1) is 17.7 Å². The summed E-state index contributed by atoms with van der Waals surface area (Å²) in [5.74, 6) is -2.45. The summed E-state index contributed by atoms with van der Waals surface area (Å²) in [7, 11) is 0. The van der Waals surface area contributed by atoms with Crippen molar-refractivity contribution in [2.75, 3.05) is 0 Å². The number of benzene rings is 1. The highest BCUT2D eigenvalue weighted by atomic mass is 19.4. The fraction of sp³-hybridized carbons (Fsp3) is 0.438. The Morgan fingerprint density at radius 1 is 1.00 bits per heavy atom. The summed E-state index contributed by atoms with van der Waals surface area (Å²) in [6, 6.07) is 5.35. The molecule has 1 nitrogen and oxygen atoms in total. The second-order valence-electron chi connectivity index (χ2n) is 5.66. The number of alkyl halides is 3. The van der Waals surface area contributed by atoms with E-state index >= 15 is 0 Å². The lowest BCUT2D eigenvalue weighted by atomic mass is 9.58. The molecule has 0 bridgehead atoms. The minimum absolute atomic E-state index is 0.00510. The first-order chi connectivity index (χ1) is 9.89. The summed E-state index contributed by atoms with van der Waals surface area (Å²) in [5.41, 5.74) is 0.910. The lowest BCUT2D eigenvalue weighted by molar-refractivity contribution is -0.167. The van der Waals surface area contributed by atoms with Crippen LogP contribution in [0.15, 0.2) is 29.8 Å². The topological polar surface area (TPSA) is 17.1 Å². The number of allylic oxidation sites excluding steroid dienone is 2. The summed E-state index contributed by atoms with van der Waals surface area (Å²) in [4.78, 5) is 11.7. The molecule has 1 saturated carbocycles. The van der Waals surface area contributed by atoms with Crippen LogP contribution >= 0.6 is 0 Å². The van der Waals surface area contributed by atoms with Crippen molar-refractivity contribution in [1.29, 1.82) is 0 Å². The fourth-order valence-electron chi connectivity index (χ4n) is 3.57. The number of hydrogen-bond acceptors (Lipinski definition) is 1. The van der Waals surface area contributed by atoms with Gasteiger partial charge in [0.1, 0.15) is 5.82 Å². The van der Waals surface area contributed by atoms with Crippen LogP contribution in [0.2, 0.25) is 0 Å². The van der Waals surface area contributed by atoms with Gasteiger partial charge in [-0.15, -0.1) is 0 Å². The normalized spacial score (nSPS) is 25.3. The maximum atomic E-state index is 13.0. The van der Waals surface area contributed by atoms with Crippen LogP contribution in [0.25, 0.3) is 5.57 Å². The van der Waals surface area contributed by atoms with Gasteiger partial charge < -0.3 is 0 Å². The van der Waals surface area contributed by atoms with Crippen LogP contribution < -0.4 is 0 Å². The van der Waals surface area contributed by atoms with Gasteiger partial charge in [-0.1, -0.05) is 25.0 Å². The molecule has 2 aliphatic rings. The van der Waals surface area contributed by atoms with Crippen molar-refractivity contribution in [1.82, 2.24) is 0 Å². The molecule has 0 spiro atoms. The molecule has 2 atom stereocenters. The molecule has 0 amide bonds. The van der Waals surface area contributed by atoms with E-state index in [4.69, 9.17) is 0 Å². The quantitative estimate of drug-likeness (QED) is 0.733. The predicted octanol–water partition coefficient (Wildman–Crippen LogP) is 4.53. The first-order valence-electron chi connectivity index (χ1n) is 7.01. The number of halogens is 4. The summed E-state index contributed by atoms with van der Waals surface area (Å²) >= 11 is 0. The minimum atomic E-state index is -4.84. The van der Waals surface area contributed by atoms with Crippen molar-refractivity contribution >= 4 is 11.4 Å². The maximum absolute atomic E-state index is 13.0. The smallest absolute Gasteiger partial charge is 0.284 e. The number of fused-ring (bicyclic) bond motifs is 1. The lowest BCUT2D eigenvalue weighted by Crippen LogP contribution is -2.41. The predicted molar refractivity (Wildman–Crippen MR) is 69.8 cm³/mol. The molecule has 21 heavy (non-hydrogen) atoms. The van der Waals surface area contributed by atoms with Gasteiger partial charge in [0.05, 0.1) is 0 Å². The average molecular weight is 298 g/mol. The zero-order valence-corrected chi connectivity index (χ0v) is 11.2. The molecule has 2 unspecified atom stereocenters. The molecule has 0 aliphatic heterocycles. The number of rotatable bonds is 2. The molecule has 3 rings (SSSR count). The van der Waals surface area contributed by atoms with Crippen LogP contribution in [0.5, 0.6) is 0 Å². The summed E-state index contributed by atoms with van der Waals surface area (Å²) in [5, 5.41) is 0. The highest BCUT2D eigenvalue weighted by Gasteiger charge is 2.52. The molecule has 0 N–H and O–H groups in total.